The standard InChI is InChI=1S/C9H15Si/c1-6(2)7(3)8(4)9(5)10/h1-5H3/b9-8+. The van der Waals surface area contributed by atoms with E-state index in [1.54, 1.807) is 0 Å². The van der Waals surface area contributed by atoms with Crippen molar-refractivity contribution in [2.75, 3.05) is 0 Å². The lowest BCUT2D eigenvalue weighted by atomic mass is 10.1. The van der Waals surface area contributed by atoms with Crippen molar-refractivity contribution in [1.82, 2.24) is 0 Å². The minimum Gasteiger partial charge on any atom is -0.0883 e. The molecule has 0 aromatic carbocycles. The van der Waals surface area contributed by atoms with Crippen LogP contribution in [0, 0.1) is 0 Å². The highest BCUT2D eigenvalue weighted by atomic mass is 28.1. The quantitative estimate of drug-likeness (QED) is 0.399. The van der Waals surface area contributed by atoms with Gasteiger partial charge in [-0.05, 0) is 34.6 Å². The molecule has 0 aliphatic heterocycles. The lowest BCUT2D eigenvalue weighted by molar-refractivity contribution is 1.21. The molecule has 0 saturated carbocycles. The van der Waals surface area contributed by atoms with E-state index >= 15 is 0 Å². The monoisotopic (exact) mass is 151 g/mol. The molecule has 10 heavy (non-hydrogen) atoms. The Labute approximate surface area is 67.5 Å². The van der Waals surface area contributed by atoms with Crippen molar-refractivity contribution >= 4 is 10.2 Å². The fourth-order valence-corrected chi connectivity index (χ4v) is 0.844. The van der Waals surface area contributed by atoms with Crippen LogP contribution in [0.3, 0.4) is 0 Å². The van der Waals surface area contributed by atoms with Gasteiger partial charge in [-0.3, -0.25) is 0 Å². The van der Waals surface area contributed by atoms with Crippen molar-refractivity contribution in [3.8, 4) is 0 Å². The summed E-state index contributed by atoms with van der Waals surface area (Å²) < 4.78 is 0. The first-order valence-corrected chi connectivity index (χ1v) is 4.00. The van der Waals surface area contributed by atoms with E-state index in [0.29, 0.717) is 0 Å². The van der Waals surface area contributed by atoms with Crippen molar-refractivity contribution in [1.29, 1.82) is 0 Å². The van der Waals surface area contributed by atoms with Gasteiger partial charge in [0.15, 0.2) is 0 Å². The molecule has 0 nitrogen and oxygen atoms in total. The van der Waals surface area contributed by atoms with Crippen LogP contribution in [0.4, 0.5) is 0 Å². The van der Waals surface area contributed by atoms with Gasteiger partial charge < -0.3 is 0 Å². The molecule has 0 aliphatic carbocycles. The third-order valence-corrected chi connectivity index (χ3v) is 2.25. The Morgan fingerprint density at radius 1 is 0.800 bits per heavy atom. The summed E-state index contributed by atoms with van der Waals surface area (Å²) in [6, 6.07) is 0. The zero-order valence-electron chi connectivity index (χ0n) is 7.50. The number of hydrogen-bond acceptors (Lipinski definition) is 0. The summed E-state index contributed by atoms with van der Waals surface area (Å²) >= 11 is 0. The molecule has 0 heterocycles. The van der Waals surface area contributed by atoms with E-state index in [1.165, 1.54) is 21.9 Å². The molecule has 0 rings (SSSR count). The number of allylic oxidation sites excluding steroid dienone is 4. The Kier molecular flexibility index (Phi) is 3.65. The van der Waals surface area contributed by atoms with Crippen molar-refractivity contribution in [3.63, 3.8) is 0 Å². The zero-order chi connectivity index (χ0) is 8.31. The second-order valence-electron chi connectivity index (χ2n) is 2.88. The first kappa shape index (κ1) is 9.70. The fourth-order valence-electron chi connectivity index (χ4n) is 0.656. The van der Waals surface area contributed by atoms with Crippen LogP contribution in [0.15, 0.2) is 21.9 Å². The van der Waals surface area contributed by atoms with Gasteiger partial charge in [-0.2, -0.15) is 0 Å². The van der Waals surface area contributed by atoms with Gasteiger partial charge in [-0.25, -0.2) is 0 Å². The number of hydrogen-bond donors (Lipinski definition) is 0. The molecule has 3 radical (unpaired) electrons. The molecule has 0 amide bonds. The van der Waals surface area contributed by atoms with E-state index in [4.69, 9.17) is 0 Å². The second-order valence-corrected chi connectivity index (χ2v) is 3.62. The summed E-state index contributed by atoms with van der Waals surface area (Å²) in [6.45, 7) is 10.6. The minimum absolute atomic E-state index is 1.22. The van der Waals surface area contributed by atoms with Crippen LogP contribution in [0.25, 0.3) is 0 Å². The SMILES string of the molecule is CC(C)=C(C)/C(C)=C(\C)[Si]. The Bertz CT molecular complexity index is 155. The molecule has 0 aliphatic rings. The van der Waals surface area contributed by atoms with Crippen LogP contribution in [-0.4, -0.2) is 10.2 Å². The lowest BCUT2D eigenvalue weighted by Gasteiger charge is -2.05. The predicted molar refractivity (Wildman–Crippen MR) is 48.2 cm³/mol. The van der Waals surface area contributed by atoms with Crippen LogP contribution in [0.5, 0.6) is 0 Å². The summed E-state index contributed by atoms with van der Waals surface area (Å²) in [5.74, 6) is 0. The van der Waals surface area contributed by atoms with E-state index in [9.17, 15) is 0 Å². The lowest BCUT2D eigenvalue weighted by Crippen LogP contribution is -1.87. The first-order valence-electron chi connectivity index (χ1n) is 3.50. The van der Waals surface area contributed by atoms with E-state index in [-0.39, 0.29) is 0 Å². The van der Waals surface area contributed by atoms with Gasteiger partial charge in [-0.15, -0.1) is 0 Å². The molecule has 0 fully saturated rings. The third-order valence-electron chi connectivity index (χ3n) is 1.88. The minimum atomic E-state index is 1.22. The van der Waals surface area contributed by atoms with E-state index in [1.807, 2.05) is 0 Å². The summed E-state index contributed by atoms with van der Waals surface area (Å²) in [4.78, 5) is 0. The first-order chi connectivity index (χ1) is 4.46. The largest absolute Gasteiger partial charge is 0.0883 e. The van der Waals surface area contributed by atoms with Gasteiger partial charge in [0, 0.05) is 0 Å². The molecular formula is C9H15Si. The van der Waals surface area contributed by atoms with Gasteiger partial charge >= 0.3 is 0 Å². The normalized spacial score (nSPS) is 12.6. The van der Waals surface area contributed by atoms with Crippen molar-refractivity contribution in [2.45, 2.75) is 34.6 Å². The zero-order valence-corrected chi connectivity index (χ0v) is 8.50. The summed E-state index contributed by atoms with van der Waals surface area (Å²) in [6.07, 6.45) is 0. The summed E-state index contributed by atoms with van der Waals surface area (Å²) in [7, 11) is 3.50. The van der Waals surface area contributed by atoms with Crippen LogP contribution in [0.2, 0.25) is 0 Å². The van der Waals surface area contributed by atoms with E-state index in [0.717, 1.165) is 0 Å². The molecule has 55 valence electrons. The Hall–Kier alpha value is -0.303. The van der Waals surface area contributed by atoms with Gasteiger partial charge in [0.25, 0.3) is 0 Å². The highest BCUT2D eigenvalue weighted by Gasteiger charge is 1.95. The highest BCUT2D eigenvalue weighted by molar-refractivity contribution is 6.21. The predicted octanol–water partition coefficient (Wildman–Crippen LogP) is 2.81. The van der Waals surface area contributed by atoms with Crippen LogP contribution < -0.4 is 0 Å². The Balaban J connectivity index is 4.71. The maximum absolute atomic E-state index is 3.50. The molecule has 0 unspecified atom stereocenters. The second kappa shape index (κ2) is 3.77. The molecule has 0 aromatic rings. The number of rotatable bonds is 1. The summed E-state index contributed by atoms with van der Waals surface area (Å²) in [5, 5.41) is 1.22. The van der Waals surface area contributed by atoms with Crippen LogP contribution >= 0.6 is 0 Å². The molecule has 0 N–H and O–H groups in total. The van der Waals surface area contributed by atoms with E-state index < -0.39 is 0 Å². The maximum atomic E-state index is 3.50. The molecule has 0 bridgehead atoms. The summed E-state index contributed by atoms with van der Waals surface area (Å²) in [5.41, 5.74) is 4.11. The molecule has 0 aromatic heterocycles. The average molecular weight is 151 g/mol. The molecule has 0 saturated heterocycles. The molecule has 0 atom stereocenters. The average Bonchev–Trinajstić information content (AvgIpc) is 1.84. The smallest absolute Gasteiger partial charge is 0.0650 e. The van der Waals surface area contributed by atoms with Crippen molar-refractivity contribution < 1.29 is 0 Å². The Morgan fingerprint density at radius 3 is 1.30 bits per heavy atom. The van der Waals surface area contributed by atoms with Crippen LogP contribution in [-0.2, 0) is 0 Å². The fraction of sp³-hybridized carbons (Fsp3) is 0.556. The van der Waals surface area contributed by atoms with Crippen molar-refractivity contribution in [2.24, 2.45) is 0 Å². The van der Waals surface area contributed by atoms with Gasteiger partial charge in [-0.1, -0.05) is 21.9 Å². The molecule has 1 heteroatoms. The van der Waals surface area contributed by atoms with Gasteiger partial charge in [0.05, 0.1) is 10.2 Å². The third kappa shape index (κ3) is 2.52. The highest BCUT2D eigenvalue weighted by Crippen LogP contribution is 2.15. The molecular weight excluding hydrogens is 136 g/mol. The van der Waals surface area contributed by atoms with Gasteiger partial charge in [0.1, 0.15) is 0 Å². The van der Waals surface area contributed by atoms with Gasteiger partial charge in [0.2, 0.25) is 0 Å². The van der Waals surface area contributed by atoms with E-state index in [2.05, 4.69) is 44.9 Å². The van der Waals surface area contributed by atoms with Crippen LogP contribution in [0.1, 0.15) is 34.6 Å². The topological polar surface area (TPSA) is 0 Å². The maximum Gasteiger partial charge on any atom is 0.0650 e. The Morgan fingerprint density at radius 2 is 1.20 bits per heavy atom. The van der Waals surface area contributed by atoms with Crippen molar-refractivity contribution in [3.05, 3.63) is 21.9 Å². The molecule has 0 spiro atoms.